The molecule has 3 nitrogen and oxygen atoms in total. The fourth-order valence-corrected chi connectivity index (χ4v) is 1.48. The summed E-state index contributed by atoms with van der Waals surface area (Å²) in [5, 5.41) is 0. The zero-order valence-corrected chi connectivity index (χ0v) is 11.4. The molecule has 2 aromatic carbocycles. The number of rotatable bonds is 4. The maximum atomic E-state index is 10.7. The molecule has 0 unspecified atom stereocenters. The van der Waals surface area contributed by atoms with Gasteiger partial charge in [0.1, 0.15) is 12.0 Å². The van der Waals surface area contributed by atoms with Crippen molar-refractivity contribution in [3.63, 3.8) is 0 Å². The molecule has 0 N–H and O–H groups in total. The number of carbonyl (C=O) groups excluding carboxylic acids is 1. The summed E-state index contributed by atoms with van der Waals surface area (Å²) in [4.78, 5) is 10.7. The van der Waals surface area contributed by atoms with Gasteiger partial charge < -0.3 is 9.47 Å². The Bertz CT molecular complexity index is 521. The van der Waals surface area contributed by atoms with Crippen LogP contribution in [0.2, 0.25) is 0 Å². The van der Waals surface area contributed by atoms with Gasteiger partial charge in [0.15, 0.2) is 11.5 Å². The molecule has 0 fully saturated rings. The van der Waals surface area contributed by atoms with Gasteiger partial charge in [-0.25, -0.2) is 0 Å². The van der Waals surface area contributed by atoms with Crippen molar-refractivity contribution in [1.29, 1.82) is 0 Å². The van der Waals surface area contributed by atoms with E-state index in [2.05, 4.69) is 0 Å². The number of para-hydroxylation sites is 2. The normalized spacial score (nSPS) is 9.00. The summed E-state index contributed by atoms with van der Waals surface area (Å²) in [5.74, 6) is 1.89. The molecule has 0 aliphatic rings. The molecule has 0 amide bonds. The third-order valence-electron chi connectivity index (χ3n) is 2.29. The highest BCUT2D eigenvalue weighted by atomic mass is 16.5. The second-order valence-corrected chi connectivity index (χ2v) is 3.44. The van der Waals surface area contributed by atoms with Crippen LogP contribution in [-0.2, 0) is 0 Å². The zero-order valence-electron chi connectivity index (χ0n) is 11.4. The lowest BCUT2D eigenvalue weighted by Gasteiger charge is -2.09. The zero-order chi connectivity index (χ0) is 14.1. The molecule has 0 aliphatic carbocycles. The molecule has 19 heavy (non-hydrogen) atoms. The summed E-state index contributed by atoms with van der Waals surface area (Å²) >= 11 is 0. The standard InChI is InChI=1S/C14H12O3.C2H6/c1-16-13-7-2-3-8-14(13)17-12-6-4-5-11(9-12)10-15;1-2/h2-10H,1H3;1-2H3. The lowest BCUT2D eigenvalue weighted by molar-refractivity contribution is 0.112. The first kappa shape index (κ1) is 14.8. The molecular weight excluding hydrogens is 240 g/mol. The van der Waals surface area contributed by atoms with E-state index in [-0.39, 0.29) is 0 Å². The third-order valence-corrected chi connectivity index (χ3v) is 2.29. The fraction of sp³-hybridized carbons (Fsp3) is 0.188. The third kappa shape index (κ3) is 4.14. The van der Waals surface area contributed by atoms with Gasteiger partial charge in [0.25, 0.3) is 0 Å². The molecule has 0 bridgehead atoms. The minimum Gasteiger partial charge on any atom is -0.493 e. The van der Waals surface area contributed by atoms with Gasteiger partial charge in [0, 0.05) is 5.56 Å². The van der Waals surface area contributed by atoms with Crippen LogP contribution in [-0.4, -0.2) is 13.4 Å². The maximum absolute atomic E-state index is 10.7. The van der Waals surface area contributed by atoms with Gasteiger partial charge in [0.05, 0.1) is 7.11 Å². The van der Waals surface area contributed by atoms with Gasteiger partial charge in [-0.3, -0.25) is 4.79 Å². The summed E-state index contributed by atoms with van der Waals surface area (Å²) in [6.07, 6.45) is 0.787. The van der Waals surface area contributed by atoms with Gasteiger partial charge in [-0.2, -0.15) is 0 Å². The second kappa shape index (κ2) is 7.93. The van der Waals surface area contributed by atoms with Gasteiger partial charge in [0.2, 0.25) is 0 Å². The lowest BCUT2D eigenvalue weighted by Crippen LogP contribution is -1.90. The Morgan fingerprint density at radius 2 is 1.63 bits per heavy atom. The van der Waals surface area contributed by atoms with Crippen LogP contribution in [0.25, 0.3) is 0 Å². The first-order valence-corrected chi connectivity index (χ1v) is 6.19. The molecule has 0 saturated carbocycles. The Hall–Kier alpha value is -2.29. The van der Waals surface area contributed by atoms with E-state index in [1.165, 1.54) is 0 Å². The topological polar surface area (TPSA) is 35.5 Å². The quantitative estimate of drug-likeness (QED) is 0.766. The molecular formula is C16H18O3. The second-order valence-electron chi connectivity index (χ2n) is 3.44. The lowest BCUT2D eigenvalue weighted by atomic mass is 10.2. The summed E-state index contributed by atoms with van der Waals surface area (Å²) in [5.41, 5.74) is 0.581. The van der Waals surface area contributed by atoms with Crippen molar-refractivity contribution in [2.24, 2.45) is 0 Å². The van der Waals surface area contributed by atoms with Crippen LogP contribution >= 0.6 is 0 Å². The number of hydrogen-bond donors (Lipinski definition) is 0. The summed E-state index contributed by atoms with van der Waals surface area (Å²) in [7, 11) is 1.59. The van der Waals surface area contributed by atoms with Crippen molar-refractivity contribution in [3.8, 4) is 17.2 Å². The molecule has 0 saturated heterocycles. The molecule has 0 spiro atoms. The predicted molar refractivity (Wildman–Crippen MR) is 76.2 cm³/mol. The largest absolute Gasteiger partial charge is 0.493 e. The molecule has 0 radical (unpaired) electrons. The van der Waals surface area contributed by atoms with Crippen LogP contribution in [0.1, 0.15) is 24.2 Å². The van der Waals surface area contributed by atoms with Crippen molar-refractivity contribution in [2.45, 2.75) is 13.8 Å². The van der Waals surface area contributed by atoms with Crippen molar-refractivity contribution < 1.29 is 14.3 Å². The monoisotopic (exact) mass is 258 g/mol. The average Bonchev–Trinajstić information content (AvgIpc) is 2.50. The van der Waals surface area contributed by atoms with Crippen LogP contribution in [0.5, 0.6) is 17.2 Å². The molecule has 0 atom stereocenters. The van der Waals surface area contributed by atoms with Crippen LogP contribution in [0.4, 0.5) is 0 Å². The van der Waals surface area contributed by atoms with Crippen molar-refractivity contribution in [1.82, 2.24) is 0 Å². The smallest absolute Gasteiger partial charge is 0.169 e. The first-order valence-electron chi connectivity index (χ1n) is 6.19. The summed E-state index contributed by atoms with van der Waals surface area (Å²) in [6.45, 7) is 4.00. The van der Waals surface area contributed by atoms with E-state index >= 15 is 0 Å². The van der Waals surface area contributed by atoms with Crippen molar-refractivity contribution in [3.05, 3.63) is 54.1 Å². The Labute approximate surface area is 113 Å². The molecule has 3 heteroatoms. The highest BCUT2D eigenvalue weighted by Gasteiger charge is 2.04. The van der Waals surface area contributed by atoms with E-state index in [0.29, 0.717) is 22.8 Å². The number of benzene rings is 2. The predicted octanol–water partition coefficient (Wildman–Crippen LogP) is 4.33. The molecule has 2 aromatic rings. The van der Waals surface area contributed by atoms with Gasteiger partial charge in [-0.15, -0.1) is 0 Å². The minimum absolute atomic E-state index is 0.581. The van der Waals surface area contributed by atoms with Crippen LogP contribution in [0.3, 0.4) is 0 Å². The number of ether oxygens (including phenoxy) is 2. The van der Waals surface area contributed by atoms with Crippen LogP contribution in [0, 0.1) is 0 Å². The Morgan fingerprint density at radius 1 is 0.947 bits per heavy atom. The Morgan fingerprint density at radius 3 is 2.26 bits per heavy atom. The number of methoxy groups -OCH3 is 1. The SMILES string of the molecule is CC.COc1ccccc1Oc1cccc(C=O)c1. The summed E-state index contributed by atoms with van der Waals surface area (Å²) < 4.78 is 10.8. The van der Waals surface area contributed by atoms with E-state index in [1.807, 2.05) is 38.1 Å². The van der Waals surface area contributed by atoms with Crippen molar-refractivity contribution in [2.75, 3.05) is 7.11 Å². The average molecular weight is 258 g/mol. The molecule has 2 rings (SSSR count). The molecule has 0 aromatic heterocycles. The van der Waals surface area contributed by atoms with E-state index in [9.17, 15) is 4.79 Å². The minimum atomic E-state index is 0.581. The molecule has 0 aliphatic heterocycles. The Balaban J connectivity index is 0.000000861. The number of carbonyl (C=O) groups is 1. The van der Waals surface area contributed by atoms with E-state index in [1.54, 1.807) is 31.4 Å². The van der Waals surface area contributed by atoms with Crippen LogP contribution in [0.15, 0.2) is 48.5 Å². The van der Waals surface area contributed by atoms with Gasteiger partial charge in [-0.1, -0.05) is 38.1 Å². The van der Waals surface area contributed by atoms with E-state index in [4.69, 9.17) is 9.47 Å². The molecule has 100 valence electrons. The van der Waals surface area contributed by atoms with Crippen LogP contribution < -0.4 is 9.47 Å². The van der Waals surface area contributed by atoms with Crippen molar-refractivity contribution >= 4 is 6.29 Å². The number of hydrogen-bond acceptors (Lipinski definition) is 3. The van der Waals surface area contributed by atoms with E-state index < -0.39 is 0 Å². The fourth-order valence-electron chi connectivity index (χ4n) is 1.48. The Kier molecular flexibility index (Phi) is 6.16. The highest BCUT2D eigenvalue weighted by Crippen LogP contribution is 2.30. The molecule has 0 heterocycles. The first-order chi connectivity index (χ1) is 9.33. The van der Waals surface area contributed by atoms with E-state index in [0.717, 1.165) is 6.29 Å². The maximum Gasteiger partial charge on any atom is 0.169 e. The van der Waals surface area contributed by atoms with Gasteiger partial charge in [-0.05, 0) is 24.3 Å². The van der Waals surface area contributed by atoms with Gasteiger partial charge >= 0.3 is 0 Å². The summed E-state index contributed by atoms with van der Waals surface area (Å²) in [6, 6.07) is 14.3. The number of aldehydes is 1. The highest BCUT2D eigenvalue weighted by molar-refractivity contribution is 5.75.